The summed E-state index contributed by atoms with van der Waals surface area (Å²) in [6, 6.07) is 0. The van der Waals surface area contributed by atoms with Gasteiger partial charge in [0.15, 0.2) is 11.6 Å². The fraction of sp³-hybridized carbons (Fsp3) is 0.143. The average Bonchev–Trinajstić information content (AvgIpc) is 2.67. The van der Waals surface area contributed by atoms with E-state index in [9.17, 15) is 0 Å². The number of hydrogen-bond acceptors (Lipinski definition) is 5. The Kier molecular flexibility index (Phi) is 2.51. The molecule has 0 aromatic carbocycles. The molecule has 0 aliphatic rings. The highest BCUT2D eigenvalue weighted by molar-refractivity contribution is 9.10. The molecular formula is C7H7BrN6. The highest BCUT2D eigenvalue weighted by Gasteiger charge is 2.05. The third-order valence-electron chi connectivity index (χ3n) is 1.59. The van der Waals surface area contributed by atoms with Crippen LogP contribution in [0.25, 0.3) is 5.82 Å². The molecule has 2 rings (SSSR count). The van der Waals surface area contributed by atoms with Crippen molar-refractivity contribution >= 4 is 15.9 Å². The van der Waals surface area contributed by atoms with E-state index in [1.807, 2.05) is 0 Å². The van der Waals surface area contributed by atoms with Gasteiger partial charge in [0.05, 0.1) is 11.0 Å². The fourth-order valence-corrected chi connectivity index (χ4v) is 1.37. The Morgan fingerprint density at radius 2 is 2.29 bits per heavy atom. The highest BCUT2D eigenvalue weighted by Crippen LogP contribution is 2.14. The summed E-state index contributed by atoms with van der Waals surface area (Å²) < 4.78 is 2.31. The van der Waals surface area contributed by atoms with Gasteiger partial charge in [-0.05, 0) is 15.9 Å². The molecule has 0 bridgehead atoms. The normalized spacial score (nSPS) is 10.4. The van der Waals surface area contributed by atoms with E-state index < -0.39 is 0 Å². The molecule has 6 nitrogen and oxygen atoms in total. The Bertz CT molecular complexity index is 439. The second kappa shape index (κ2) is 3.81. The molecule has 72 valence electrons. The van der Waals surface area contributed by atoms with Crippen LogP contribution in [-0.2, 0) is 6.54 Å². The number of nitrogens with zero attached hydrogens (tertiary/aromatic N) is 5. The van der Waals surface area contributed by atoms with Gasteiger partial charge in [-0.1, -0.05) is 0 Å². The van der Waals surface area contributed by atoms with Crippen molar-refractivity contribution in [2.75, 3.05) is 0 Å². The summed E-state index contributed by atoms with van der Waals surface area (Å²) in [5, 5.41) is 4.12. The van der Waals surface area contributed by atoms with Crippen molar-refractivity contribution < 1.29 is 0 Å². The molecule has 0 fully saturated rings. The van der Waals surface area contributed by atoms with Gasteiger partial charge in [-0.25, -0.2) is 19.6 Å². The first-order valence-corrected chi connectivity index (χ1v) is 4.67. The molecule has 14 heavy (non-hydrogen) atoms. The Balaban J connectivity index is 2.44. The predicted octanol–water partition coefficient (Wildman–Crippen LogP) is 0.278. The zero-order chi connectivity index (χ0) is 9.97. The fourth-order valence-electron chi connectivity index (χ4n) is 0.968. The Hall–Kier alpha value is -1.34. The van der Waals surface area contributed by atoms with Crippen LogP contribution in [0.3, 0.4) is 0 Å². The van der Waals surface area contributed by atoms with E-state index in [0.717, 1.165) is 4.47 Å². The van der Waals surface area contributed by atoms with E-state index in [1.54, 1.807) is 17.2 Å². The minimum Gasteiger partial charge on any atom is -0.324 e. The first-order valence-electron chi connectivity index (χ1n) is 3.87. The molecule has 0 aliphatic carbocycles. The Labute approximate surface area is 88.3 Å². The van der Waals surface area contributed by atoms with Gasteiger partial charge in [0.25, 0.3) is 0 Å². The summed E-state index contributed by atoms with van der Waals surface area (Å²) in [5.74, 6) is 1.22. The summed E-state index contributed by atoms with van der Waals surface area (Å²) in [4.78, 5) is 11.9. The molecule has 0 saturated heterocycles. The van der Waals surface area contributed by atoms with Gasteiger partial charge in [-0.3, -0.25) is 0 Å². The van der Waals surface area contributed by atoms with Gasteiger partial charge >= 0.3 is 0 Å². The maximum atomic E-state index is 5.40. The summed E-state index contributed by atoms with van der Waals surface area (Å²) >= 11 is 3.32. The molecule has 2 aromatic heterocycles. The third kappa shape index (κ3) is 1.64. The minimum absolute atomic E-state index is 0.315. The number of hydrogen-bond donors (Lipinski definition) is 1. The molecule has 0 amide bonds. The quantitative estimate of drug-likeness (QED) is 0.833. The molecule has 2 heterocycles. The van der Waals surface area contributed by atoms with Crippen LogP contribution in [-0.4, -0.2) is 24.7 Å². The molecule has 0 spiro atoms. The van der Waals surface area contributed by atoms with Crippen LogP contribution in [0.1, 0.15) is 5.82 Å². The maximum Gasteiger partial charge on any atom is 0.172 e. The molecule has 0 saturated carbocycles. The lowest BCUT2D eigenvalue weighted by Crippen LogP contribution is -2.03. The second-order valence-corrected chi connectivity index (χ2v) is 3.36. The highest BCUT2D eigenvalue weighted by atomic mass is 79.9. The summed E-state index contributed by atoms with van der Waals surface area (Å²) in [7, 11) is 0. The van der Waals surface area contributed by atoms with Crippen molar-refractivity contribution in [3.8, 4) is 5.82 Å². The molecule has 0 unspecified atom stereocenters. The van der Waals surface area contributed by atoms with Crippen LogP contribution in [0.4, 0.5) is 0 Å². The van der Waals surface area contributed by atoms with Crippen LogP contribution >= 0.6 is 15.9 Å². The maximum absolute atomic E-state index is 5.40. The minimum atomic E-state index is 0.315. The molecule has 0 atom stereocenters. The predicted molar refractivity (Wildman–Crippen MR) is 52.5 cm³/mol. The smallest absolute Gasteiger partial charge is 0.172 e. The van der Waals surface area contributed by atoms with Crippen LogP contribution < -0.4 is 5.73 Å². The number of rotatable bonds is 2. The van der Waals surface area contributed by atoms with Gasteiger partial charge in [0.2, 0.25) is 0 Å². The number of nitrogens with two attached hydrogens (primary N) is 1. The SMILES string of the molecule is NCc1ncn(-c2ncncc2Br)n1. The van der Waals surface area contributed by atoms with Gasteiger partial charge < -0.3 is 5.73 Å². The zero-order valence-electron chi connectivity index (χ0n) is 7.13. The molecule has 2 N–H and O–H groups in total. The van der Waals surface area contributed by atoms with Crippen molar-refractivity contribution in [2.24, 2.45) is 5.73 Å². The topological polar surface area (TPSA) is 82.5 Å². The number of aromatic nitrogens is 5. The Morgan fingerprint density at radius 1 is 1.43 bits per heavy atom. The zero-order valence-corrected chi connectivity index (χ0v) is 8.72. The second-order valence-electron chi connectivity index (χ2n) is 2.50. The summed E-state index contributed by atoms with van der Waals surface area (Å²) in [6.45, 7) is 0.315. The van der Waals surface area contributed by atoms with Crippen molar-refractivity contribution in [2.45, 2.75) is 6.54 Å². The monoisotopic (exact) mass is 254 g/mol. The molecule has 0 aliphatic heterocycles. The molecule has 2 aromatic rings. The van der Waals surface area contributed by atoms with Gasteiger partial charge in [-0.15, -0.1) is 5.10 Å². The largest absolute Gasteiger partial charge is 0.324 e. The van der Waals surface area contributed by atoms with Crippen LogP contribution in [0, 0.1) is 0 Å². The first kappa shape index (κ1) is 9.22. The van der Waals surface area contributed by atoms with Crippen LogP contribution in [0.5, 0.6) is 0 Å². The van der Waals surface area contributed by atoms with Crippen LogP contribution in [0.15, 0.2) is 23.3 Å². The molecular weight excluding hydrogens is 248 g/mol. The summed E-state index contributed by atoms with van der Waals surface area (Å²) in [5.41, 5.74) is 5.40. The van der Waals surface area contributed by atoms with Gasteiger partial charge in [0, 0.05) is 6.20 Å². The van der Waals surface area contributed by atoms with E-state index in [-0.39, 0.29) is 0 Å². The first-order chi connectivity index (χ1) is 6.81. The van der Waals surface area contributed by atoms with E-state index >= 15 is 0 Å². The standard InChI is InChI=1S/C7H7BrN6/c8-5-2-10-3-11-7(5)14-4-12-6(1-9)13-14/h2-4H,1,9H2. The third-order valence-corrected chi connectivity index (χ3v) is 2.15. The lowest BCUT2D eigenvalue weighted by molar-refractivity contribution is 0.800. The lowest BCUT2D eigenvalue weighted by Gasteiger charge is -1.99. The van der Waals surface area contributed by atoms with E-state index in [1.165, 1.54) is 6.33 Å². The average molecular weight is 255 g/mol. The van der Waals surface area contributed by atoms with E-state index in [2.05, 4.69) is 36.0 Å². The van der Waals surface area contributed by atoms with Crippen molar-refractivity contribution in [3.63, 3.8) is 0 Å². The van der Waals surface area contributed by atoms with Crippen molar-refractivity contribution in [3.05, 3.63) is 29.1 Å². The number of halogens is 1. The molecule has 0 radical (unpaired) electrons. The van der Waals surface area contributed by atoms with Crippen molar-refractivity contribution in [1.29, 1.82) is 0 Å². The van der Waals surface area contributed by atoms with Gasteiger partial charge in [-0.2, -0.15) is 0 Å². The van der Waals surface area contributed by atoms with E-state index in [4.69, 9.17) is 5.73 Å². The van der Waals surface area contributed by atoms with Crippen molar-refractivity contribution in [1.82, 2.24) is 24.7 Å². The summed E-state index contributed by atoms with van der Waals surface area (Å²) in [6.07, 6.45) is 4.66. The van der Waals surface area contributed by atoms with Gasteiger partial charge in [0.1, 0.15) is 12.7 Å². The van der Waals surface area contributed by atoms with Crippen LogP contribution in [0.2, 0.25) is 0 Å². The van der Waals surface area contributed by atoms with E-state index in [0.29, 0.717) is 18.2 Å². The Morgan fingerprint density at radius 3 is 2.93 bits per heavy atom. The lowest BCUT2D eigenvalue weighted by atomic mass is 10.6. The molecule has 7 heteroatoms.